The van der Waals surface area contributed by atoms with Crippen molar-refractivity contribution in [2.24, 2.45) is 0 Å². The zero-order valence-corrected chi connectivity index (χ0v) is 15.0. The third kappa shape index (κ3) is 3.42. The minimum Gasteiger partial charge on any atom is -0.372 e. The molecule has 3 aromatic rings. The number of nitrogens with zero attached hydrogens (tertiary/aromatic N) is 3. The summed E-state index contributed by atoms with van der Waals surface area (Å²) in [6.07, 6.45) is 0. The number of hydrogen-bond donors (Lipinski definition) is 1. The number of anilines is 1. The van der Waals surface area contributed by atoms with Crippen LogP contribution in [0.2, 0.25) is 0 Å². The summed E-state index contributed by atoms with van der Waals surface area (Å²) in [5.41, 5.74) is 1.31. The molecule has 0 aliphatic rings. The molecule has 1 N–H and O–H groups in total. The number of halogens is 1. The number of fused-ring (bicyclic) bond motifs is 1. The molecule has 0 saturated heterocycles. The molecule has 7 heteroatoms. The summed E-state index contributed by atoms with van der Waals surface area (Å²) in [6, 6.07) is 4.21. The van der Waals surface area contributed by atoms with Crippen molar-refractivity contribution in [3.8, 4) is 0 Å². The summed E-state index contributed by atoms with van der Waals surface area (Å²) in [4.78, 5) is 12.5. The van der Waals surface area contributed by atoms with Crippen molar-refractivity contribution in [1.29, 1.82) is 0 Å². The normalized spacial score (nSPS) is 11.4. The van der Waals surface area contributed by atoms with Crippen molar-refractivity contribution in [2.45, 2.75) is 13.1 Å². The van der Waals surface area contributed by atoms with Crippen LogP contribution < -0.4 is 5.32 Å². The summed E-state index contributed by atoms with van der Waals surface area (Å²) in [5.74, 6) is 1.76. The molecule has 3 heterocycles. The van der Waals surface area contributed by atoms with E-state index in [0.717, 1.165) is 34.9 Å². The van der Waals surface area contributed by atoms with E-state index in [9.17, 15) is 0 Å². The first-order chi connectivity index (χ1) is 10.2. The topological polar surface area (TPSA) is 41.1 Å². The predicted octanol–water partition coefficient (Wildman–Crippen LogP) is 4.19. The van der Waals surface area contributed by atoms with Crippen LogP contribution >= 0.6 is 38.6 Å². The molecular weight excluding hydrogens is 368 g/mol. The molecule has 110 valence electrons. The van der Waals surface area contributed by atoms with Crippen LogP contribution in [0.4, 0.5) is 5.82 Å². The Morgan fingerprint density at radius 2 is 2.14 bits per heavy atom. The van der Waals surface area contributed by atoms with Gasteiger partial charge >= 0.3 is 0 Å². The quantitative estimate of drug-likeness (QED) is 0.717. The molecule has 0 bridgehead atoms. The van der Waals surface area contributed by atoms with Crippen molar-refractivity contribution in [3.05, 3.63) is 38.1 Å². The SMILES string of the molecule is CNc1nc(CN(C)Cc2csc(Br)c2)nc2sccc12. The highest BCUT2D eigenvalue weighted by atomic mass is 79.9. The molecular formula is C14H15BrN4S2. The van der Waals surface area contributed by atoms with Gasteiger partial charge < -0.3 is 5.32 Å². The average Bonchev–Trinajstić information content (AvgIpc) is 3.06. The van der Waals surface area contributed by atoms with Crippen LogP contribution in [-0.4, -0.2) is 29.0 Å². The zero-order valence-electron chi connectivity index (χ0n) is 11.8. The molecule has 0 spiro atoms. The monoisotopic (exact) mass is 382 g/mol. The van der Waals surface area contributed by atoms with Crippen molar-refractivity contribution < 1.29 is 0 Å². The maximum atomic E-state index is 4.65. The van der Waals surface area contributed by atoms with Gasteiger partial charge in [0.2, 0.25) is 0 Å². The van der Waals surface area contributed by atoms with Crippen LogP contribution in [0.5, 0.6) is 0 Å². The number of rotatable bonds is 5. The Morgan fingerprint density at radius 1 is 1.29 bits per heavy atom. The minimum absolute atomic E-state index is 0.732. The van der Waals surface area contributed by atoms with Gasteiger partial charge in [-0.2, -0.15) is 0 Å². The van der Waals surface area contributed by atoms with Gasteiger partial charge in [0.05, 0.1) is 15.7 Å². The Hall–Kier alpha value is -1.02. The maximum absolute atomic E-state index is 4.65. The first-order valence-electron chi connectivity index (χ1n) is 6.49. The van der Waals surface area contributed by atoms with Crippen LogP contribution in [0, 0.1) is 0 Å². The second-order valence-corrected chi connectivity index (χ2v) is 7.99. The van der Waals surface area contributed by atoms with Crippen LogP contribution in [0.15, 0.2) is 26.7 Å². The first-order valence-corrected chi connectivity index (χ1v) is 9.04. The standard InChI is InChI=1S/C14H15BrN4S2/c1-16-13-10-3-4-20-14(10)18-12(17-13)7-19(2)6-9-5-11(15)21-8-9/h3-5,8H,6-7H2,1-2H3,(H,16,17,18). The van der Waals surface area contributed by atoms with Gasteiger partial charge in [-0.1, -0.05) is 0 Å². The molecule has 0 radical (unpaired) electrons. The Balaban J connectivity index is 1.77. The van der Waals surface area contributed by atoms with E-state index in [1.165, 1.54) is 9.35 Å². The minimum atomic E-state index is 0.732. The molecule has 3 aromatic heterocycles. The third-order valence-corrected chi connectivity index (χ3v) is 5.45. The lowest BCUT2D eigenvalue weighted by molar-refractivity contribution is 0.311. The number of thiophene rings is 2. The summed E-state index contributed by atoms with van der Waals surface area (Å²) in [5, 5.41) is 8.47. The van der Waals surface area contributed by atoms with Gasteiger partial charge in [0.1, 0.15) is 16.5 Å². The predicted molar refractivity (Wildman–Crippen MR) is 94.2 cm³/mol. The molecule has 0 atom stereocenters. The van der Waals surface area contributed by atoms with Gasteiger partial charge in [-0.25, -0.2) is 9.97 Å². The Morgan fingerprint density at radius 3 is 2.86 bits per heavy atom. The van der Waals surface area contributed by atoms with E-state index in [-0.39, 0.29) is 0 Å². The number of aromatic nitrogens is 2. The molecule has 0 aliphatic carbocycles. The molecule has 0 amide bonds. The fourth-order valence-electron chi connectivity index (χ4n) is 2.20. The fraction of sp³-hybridized carbons (Fsp3) is 0.286. The highest BCUT2D eigenvalue weighted by molar-refractivity contribution is 9.11. The lowest BCUT2D eigenvalue weighted by Gasteiger charge is -2.15. The Kier molecular flexibility index (Phi) is 4.54. The zero-order chi connectivity index (χ0) is 14.8. The average molecular weight is 383 g/mol. The number of nitrogens with one attached hydrogen (secondary N) is 1. The van der Waals surface area contributed by atoms with Gasteiger partial charge in [0, 0.05) is 13.6 Å². The van der Waals surface area contributed by atoms with Gasteiger partial charge in [-0.15, -0.1) is 22.7 Å². The smallest absolute Gasteiger partial charge is 0.146 e. The lowest BCUT2D eigenvalue weighted by atomic mass is 10.3. The van der Waals surface area contributed by atoms with Crippen LogP contribution in [0.1, 0.15) is 11.4 Å². The van der Waals surface area contributed by atoms with Crippen molar-refractivity contribution in [2.75, 3.05) is 19.4 Å². The van der Waals surface area contributed by atoms with Crippen LogP contribution in [0.25, 0.3) is 10.2 Å². The van der Waals surface area contributed by atoms with E-state index in [0.29, 0.717) is 0 Å². The van der Waals surface area contributed by atoms with E-state index in [1.807, 2.05) is 7.05 Å². The maximum Gasteiger partial charge on any atom is 0.146 e. The van der Waals surface area contributed by atoms with Gasteiger partial charge in [0.15, 0.2) is 0 Å². The molecule has 0 saturated carbocycles. The first kappa shape index (κ1) is 14.9. The second kappa shape index (κ2) is 6.39. The molecule has 0 aromatic carbocycles. The molecule has 3 rings (SSSR count). The molecule has 0 unspecified atom stereocenters. The highest BCUT2D eigenvalue weighted by Crippen LogP contribution is 2.25. The van der Waals surface area contributed by atoms with Crippen molar-refractivity contribution >= 4 is 54.6 Å². The van der Waals surface area contributed by atoms with Crippen LogP contribution in [-0.2, 0) is 13.1 Å². The summed E-state index contributed by atoms with van der Waals surface area (Å²) < 4.78 is 1.17. The highest BCUT2D eigenvalue weighted by Gasteiger charge is 2.10. The van der Waals surface area contributed by atoms with Gasteiger partial charge in [-0.05, 0) is 51.4 Å². The molecule has 21 heavy (non-hydrogen) atoms. The molecule has 0 aliphatic heterocycles. The third-order valence-electron chi connectivity index (χ3n) is 3.09. The largest absolute Gasteiger partial charge is 0.372 e. The second-order valence-electron chi connectivity index (χ2n) is 4.81. The summed E-state index contributed by atoms with van der Waals surface area (Å²) >= 11 is 6.86. The van der Waals surface area contributed by atoms with Gasteiger partial charge in [0.25, 0.3) is 0 Å². The lowest BCUT2D eigenvalue weighted by Crippen LogP contribution is -2.18. The number of hydrogen-bond acceptors (Lipinski definition) is 6. The van der Waals surface area contributed by atoms with E-state index < -0.39 is 0 Å². The summed E-state index contributed by atoms with van der Waals surface area (Å²) in [6.45, 7) is 1.62. The van der Waals surface area contributed by atoms with Gasteiger partial charge in [-0.3, -0.25) is 4.90 Å². The molecule has 0 fully saturated rings. The Bertz CT molecular complexity index is 752. The molecule has 4 nitrogen and oxygen atoms in total. The van der Waals surface area contributed by atoms with Crippen molar-refractivity contribution in [1.82, 2.24) is 14.9 Å². The van der Waals surface area contributed by atoms with E-state index in [4.69, 9.17) is 0 Å². The van der Waals surface area contributed by atoms with Crippen molar-refractivity contribution in [3.63, 3.8) is 0 Å². The summed E-state index contributed by atoms with van der Waals surface area (Å²) in [7, 11) is 3.99. The Labute approximate surface area is 140 Å². The van der Waals surface area contributed by atoms with E-state index >= 15 is 0 Å². The van der Waals surface area contributed by atoms with E-state index in [2.05, 4.69) is 66.1 Å². The fourth-order valence-corrected chi connectivity index (χ4v) is 4.18. The van der Waals surface area contributed by atoms with E-state index in [1.54, 1.807) is 22.7 Å². The van der Waals surface area contributed by atoms with Crippen LogP contribution in [0.3, 0.4) is 0 Å².